The molecule has 0 saturated heterocycles. The Balaban J connectivity index is 1.73. The van der Waals surface area contributed by atoms with Gasteiger partial charge in [0.05, 0.1) is 17.1 Å². The molecule has 196 valence electrons. The number of rotatable bonds is 9. The van der Waals surface area contributed by atoms with Gasteiger partial charge in [-0.2, -0.15) is 18.3 Å². The molecule has 2 aromatic heterocycles. The fourth-order valence-corrected chi connectivity index (χ4v) is 3.93. The third kappa shape index (κ3) is 6.42. The first-order valence-electron chi connectivity index (χ1n) is 11.0. The number of hydrogen-bond acceptors (Lipinski definition) is 8. The van der Waals surface area contributed by atoms with Crippen molar-refractivity contribution in [3.8, 4) is 11.6 Å². The van der Waals surface area contributed by atoms with Crippen LogP contribution >= 0.6 is 0 Å². The smallest absolute Gasteiger partial charge is 0.425 e. The number of amides is 1. The van der Waals surface area contributed by atoms with Crippen molar-refractivity contribution in [3.05, 3.63) is 36.8 Å². The maximum Gasteiger partial charge on any atom is 0.425 e. The Morgan fingerprint density at radius 1 is 1.19 bits per heavy atom. The molecule has 2 atom stereocenters. The predicted molar refractivity (Wildman–Crippen MR) is 124 cm³/mol. The lowest BCUT2D eigenvalue weighted by atomic mass is 10.1. The zero-order chi connectivity index (χ0) is 26.7. The first-order chi connectivity index (χ1) is 16.8. The van der Waals surface area contributed by atoms with E-state index in [-0.39, 0.29) is 23.4 Å². The summed E-state index contributed by atoms with van der Waals surface area (Å²) in [5, 5.41) is 4.90. The highest BCUT2D eigenvalue weighted by molar-refractivity contribution is 7.90. The van der Waals surface area contributed by atoms with Gasteiger partial charge in [-0.3, -0.25) is 0 Å². The van der Waals surface area contributed by atoms with Crippen LogP contribution in [0.1, 0.15) is 32.7 Å². The standard InChI is InChI=1S/C22H26F3N5O5S/c1-5-15(10-11-29(3)21(31)34-14(2)22(23,24)25)30-19-18(12-28-30)20(27-13-26-19)35-16-6-8-17(9-7-16)36(4,32)33/h6-9,12-15H,5,10-11H2,1-4H3. The van der Waals surface area contributed by atoms with Crippen molar-refractivity contribution in [2.45, 2.75) is 49.9 Å². The monoisotopic (exact) mass is 529 g/mol. The third-order valence-electron chi connectivity index (χ3n) is 5.49. The van der Waals surface area contributed by atoms with E-state index in [4.69, 9.17) is 4.74 Å². The number of hydrogen-bond donors (Lipinski definition) is 0. The number of benzene rings is 1. The summed E-state index contributed by atoms with van der Waals surface area (Å²) >= 11 is 0. The van der Waals surface area contributed by atoms with Crippen molar-refractivity contribution < 1.29 is 35.9 Å². The molecule has 36 heavy (non-hydrogen) atoms. The van der Waals surface area contributed by atoms with Crippen LogP contribution in [0.2, 0.25) is 0 Å². The second-order valence-corrected chi connectivity index (χ2v) is 10.2. The molecule has 3 rings (SSSR count). The van der Waals surface area contributed by atoms with E-state index in [1.54, 1.807) is 4.68 Å². The zero-order valence-electron chi connectivity index (χ0n) is 20.1. The van der Waals surface area contributed by atoms with Crippen LogP contribution in [0.25, 0.3) is 11.0 Å². The number of carbonyl (C=O) groups is 1. The van der Waals surface area contributed by atoms with Gasteiger partial charge in [-0.05, 0) is 44.0 Å². The van der Waals surface area contributed by atoms with Crippen LogP contribution in [0.5, 0.6) is 11.6 Å². The molecule has 0 bridgehead atoms. The van der Waals surface area contributed by atoms with Gasteiger partial charge in [0.15, 0.2) is 21.6 Å². The van der Waals surface area contributed by atoms with Crippen LogP contribution in [0.3, 0.4) is 0 Å². The summed E-state index contributed by atoms with van der Waals surface area (Å²) in [5.41, 5.74) is 0.468. The quantitative estimate of drug-likeness (QED) is 0.401. The van der Waals surface area contributed by atoms with Crippen molar-refractivity contribution in [2.24, 2.45) is 0 Å². The first-order valence-corrected chi connectivity index (χ1v) is 12.8. The molecule has 0 aliphatic rings. The molecule has 0 aliphatic heterocycles. The van der Waals surface area contributed by atoms with E-state index >= 15 is 0 Å². The average molecular weight is 530 g/mol. The minimum absolute atomic E-state index is 0.129. The summed E-state index contributed by atoms with van der Waals surface area (Å²) in [6.07, 6.45) is -2.98. The number of aromatic nitrogens is 4. The lowest BCUT2D eigenvalue weighted by Crippen LogP contribution is -2.37. The molecular formula is C22H26F3N5O5S. The molecule has 10 nitrogen and oxygen atoms in total. The van der Waals surface area contributed by atoms with Gasteiger partial charge in [-0.25, -0.2) is 27.9 Å². The maximum atomic E-state index is 12.7. The molecule has 3 aromatic rings. The van der Waals surface area contributed by atoms with Crippen LogP contribution in [-0.2, 0) is 14.6 Å². The summed E-state index contributed by atoms with van der Waals surface area (Å²) in [7, 11) is -1.98. The Kier molecular flexibility index (Phi) is 8.06. The van der Waals surface area contributed by atoms with Crippen LogP contribution in [0.15, 0.2) is 41.7 Å². The van der Waals surface area contributed by atoms with Gasteiger partial charge in [-0.1, -0.05) is 6.92 Å². The van der Waals surface area contributed by atoms with E-state index in [2.05, 4.69) is 19.8 Å². The van der Waals surface area contributed by atoms with Crippen molar-refractivity contribution in [1.82, 2.24) is 24.6 Å². The van der Waals surface area contributed by atoms with Gasteiger partial charge in [0.2, 0.25) is 5.88 Å². The summed E-state index contributed by atoms with van der Waals surface area (Å²) in [6, 6.07) is 5.65. The van der Waals surface area contributed by atoms with E-state index in [1.165, 1.54) is 43.8 Å². The normalized spacial score (nSPS) is 13.9. The lowest BCUT2D eigenvalue weighted by Gasteiger charge is -2.24. The molecule has 0 fully saturated rings. The molecule has 2 heterocycles. The van der Waals surface area contributed by atoms with Gasteiger partial charge in [-0.15, -0.1) is 0 Å². The van der Waals surface area contributed by atoms with Gasteiger partial charge in [0.25, 0.3) is 0 Å². The van der Waals surface area contributed by atoms with Crippen LogP contribution < -0.4 is 4.74 Å². The molecule has 0 spiro atoms. The highest BCUT2D eigenvalue weighted by atomic mass is 32.2. The number of nitrogens with zero attached hydrogens (tertiary/aromatic N) is 5. The van der Waals surface area contributed by atoms with Gasteiger partial charge < -0.3 is 14.4 Å². The third-order valence-corrected chi connectivity index (χ3v) is 6.61. The van der Waals surface area contributed by atoms with Crippen LogP contribution in [0.4, 0.5) is 18.0 Å². The Morgan fingerprint density at radius 3 is 2.44 bits per heavy atom. The highest BCUT2D eigenvalue weighted by Gasteiger charge is 2.39. The van der Waals surface area contributed by atoms with Gasteiger partial charge in [0, 0.05) is 19.8 Å². The molecule has 0 aliphatic carbocycles. The fourth-order valence-electron chi connectivity index (χ4n) is 3.30. The number of halogens is 3. The number of sulfone groups is 1. The topological polar surface area (TPSA) is 117 Å². The largest absolute Gasteiger partial charge is 0.438 e. The molecule has 0 N–H and O–H groups in total. The molecule has 2 unspecified atom stereocenters. The second-order valence-electron chi connectivity index (χ2n) is 8.19. The van der Waals surface area contributed by atoms with Crippen molar-refractivity contribution in [2.75, 3.05) is 19.8 Å². The SMILES string of the molecule is CCC(CCN(C)C(=O)OC(C)C(F)(F)F)n1ncc2c(Oc3ccc(S(C)(=O)=O)cc3)ncnc21. The van der Waals surface area contributed by atoms with Gasteiger partial charge >= 0.3 is 12.3 Å². The minimum atomic E-state index is -4.63. The van der Waals surface area contributed by atoms with Crippen LogP contribution in [-0.4, -0.2) is 71.3 Å². The van der Waals surface area contributed by atoms with E-state index in [9.17, 15) is 26.4 Å². The minimum Gasteiger partial charge on any atom is -0.438 e. The van der Waals surface area contributed by atoms with Crippen LogP contribution in [0, 0.1) is 0 Å². The Hall–Kier alpha value is -3.42. The van der Waals surface area contributed by atoms with E-state index < -0.39 is 28.2 Å². The first kappa shape index (κ1) is 27.2. The molecule has 0 radical (unpaired) electrons. The number of alkyl halides is 3. The Morgan fingerprint density at radius 2 is 1.86 bits per heavy atom. The predicted octanol–water partition coefficient (Wildman–Crippen LogP) is 4.38. The molecule has 14 heteroatoms. The van der Waals surface area contributed by atoms with Crippen molar-refractivity contribution in [3.63, 3.8) is 0 Å². The van der Waals surface area contributed by atoms with Crippen molar-refractivity contribution >= 4 is 27.0 Å². The van der Waals surface area contributed by atoms with Gasteiger partial charge in [0.1, 0.15) is 17.5 Å². The maximum absolute atomic E-state index is 12.7. The summed E-state index contributed by atoms with van der Waals surface area (Å²) < 4.78 is 73.2. The zero-order valence-corrected chi connectivity index (χ0v) is 20.9. The summed E-state index contributed by atoms with van der Waals surface area (Å²) in [6.45, 7) is 2.81. The Labute approximate surface area is 206 Å². The number of ether oxygens (including phenoxy) is 2. The molecule has 1 amide bonds. The Bertz CT molecular complexity index is 1310. The molecule has 0 saturated carbocycles. The van der Waals surface area contributed by atoms with E-state index in [0.717, 1.165) is 18.1 Å². The number of carbonyl (C=O) groups excluding carboxylic acids is 1. The second kappa shape index (κ2) is 10.7. The molecule has 1 aromatic carbocycles. The summed E-state index contributed by atoms with van der Waals surface area (Å²) in [4.78, 5) is 21.7. The van der Waals surface area contributed by atoms with Crippen molar-refractivity contribution in [1.29, 1.82) is 0 Å². The highest BCUT2D eigenvalue weighted by Crippen LogP contribution is 2.30. The summed E-state index contributed by atoms with van der Waals surface area (Å²) in [5.74, 6) is 0.588. The lowest BCUT2D eigenvalue weighted by molar-refractivity contribution is -0.199. The molecular weight excluding hydrogens is 503 g/mol. The number of fused-ring (bicyclic) bond motifs is 1. The van der Waals surface area contributed by atoms with E-state index in [0.29, 0.717) is 29.6 Å². The average Bonchev–Trinajstić information content (AvgIpc) is 3.23. The van der Waals surface area contributed by atoms with E-state index in [1.807, 2.05) is 6.92 Å². The fraction of sp³-hybridized carbons (Fsp3) is 0.455.